The van der Waals surface area contributed by atoms with Crippen molar-refractivity contribution in [3.63, 3.8) is 0 Å². The standard InChI is InChI=1S/C35H37F2N7O3/c1-43(2)18-22-15-28(45)11-12-29(22)21-4-3-5-27(14-21)39-33-30(16-24(37)17-38-33)34(46)40-25-7-9-26(10-8-25)41-35(47)31-20-44-19-23(36)6-13-32(44)42-31/h3-6,11-17,19,25-26,31,45H,7-10,18,20H2,1-2H3,(H,38,39)(H,40,46)(H,41,47)/t25-,26+,31?. The number of aliphatic imine (C=N–C) groups is 1. The number of nitrogens with zero attached hydrogens (tertiary/aromatic N) is 4. The van der Waals surface area contributed by atoms with Crippen LogP contribution in [0.1, 0.15) is 41.6 Å². The van der Waals surface area contributed by atoms with E-state index in [4.69, 9.17) is 0 Å². The molecule has 1 saturated carbocycles. The predicted molar refractivity (Wildman–Crippen MR) is 176 cm³/mol. The average molecular weight is 642 g/mol. The first kappa shape index (κ1) is 31.9. The molecule has 3 heterocycles. The molecule has 0 spiro atoms. The van der Waals surface area contributed by atoms with Crippen LogP contribution in [0.3, 0.4) is 0 Å². The molecule has 0 saturated heterocycles. The second-order valence-corrected chi connectivity index (χ2v) is 12.4. The number of hydrogen-bond donors (Lipinski definition) is 4. The number of carbonyl (C=O) groups excluding carboxylic acids is 2. The van der Waals surface area contributed by atoms with Crippen molar-refractivity contribution in [2.75, 3.05) is 26.0 Å². The second-order valence-electron chi connectivity index (χ2n) is 12.4. The predicted octanol–water partition coefficient (Wildman–Crippen LogP) is 5.02. The molecule has 47 heavy (non-hydrogen) atoms. The number of rotatable bonds is 9. The number of amides is 2. The molecule has 1 fully saturated rings. The van der Waals surface area contributed by atoms with Crippen molar-refractivity contribution in [2.45, 2.75) is 50.4 Å². The molecule has 10 nitrogen and oxygen atoms in total. The third-order valence-corrected chi connectivity index (χ3v) is 8.44. The largest absolute Gasteiger partial charge is 0.508 e. The Morgan fingerprint density at radius 1 is 1.00 bits per heavy atom. The van der Waals surface area contributed by atoms with Crippen molar-refractivity contribution in [2.24, 2.45) is 4.99 Å². The number of amidine groups is 1. The van der Waals surface area contributed by atoms with Gasteiger partial charge >= 0.3 is 0 Å². The number of carbonyl (C=O) groups is 2. The summed E-state index contributed by atoms with van der Waals surface area (Å²) in [7, 11) is 3.92. The van der Waals surface area contributed by atoms with E-state index in [1.54, 1.807) is 23.1 Å². The highest BCUT2D eigenvalue weighted by atomic mass is 19.1. The zero-order valence-electron chi connectivity index (χ0n) is 26.2. The summed E-state index contributed by atoms with van der Waals surface area (Å²) >= 11 is 0. The highest BCUT2D eigenvalue weighted by Crippen LogP contribution is 2.31. The van der Waals surface area contributed by atoms with Gasteiger partial charge < -0.3 is 30.9 Å². The molecule has 6 rings (SSSR count). The van der Waals surface area contributed by atoms with Gasteiger partial charge in [-0.05, 0) is 99.0 Å². The van der Waals surface area contributed by atoms with Crippen LogP contribution in [0, 0.1) is 5.82 Å². The Bertz CT molecular complexity index is 1770. The van der Waals surface area contributed by atoms with E-state index < -0.39 is 17.8 Å². The van der Waals surface area contributed by atoms with Crippen LogP contribution in [0.2, 0.25) is 0 Å². The fourth-order valence-electron chi connectivity index (χ4n) is 6.19. The van der Waals surface area contributed by atoms with Crippen LogP contribution in [-0.2, 0) is 11.3 Å². The summed E-state index contributed by atoms with van der Waals surface area (Å²) in [5, 5.41) is 19.3. The topological polar surface area (TPSA) is 122 Å². The van der Waals surface area contributed by atoms with Crippen molar-refractivity contribution in [1.29, 1.82) is 0 Å². The van der Waals surface area contributed by atoms with Gasteiger partial charge in [-0.25, -0.2) is 13.8 Å². The molecule has 4 N–H and O–H groups in total. The molecule has 1 aliphatic carbocycles. The van der Waals surface area contributed by atoms with Crippen LogP contribution >= 0.6 is 0 Å². The molecular weight excluding hydrogens is 604 g/mol. The summed E-state index contributed by atoms with van der Waals surface area (Å²) < 4.78 is 27.9. The van der Waals surface area contributed by atoms with Crippen LogP contribution in [0.15, 0.2) is 83.9 Å². The molecule has 3 aromatic rings. The smallest absolute Gasteiger partial charge is 0.255 e. The van der Waals surface area contributed by atoms with E-state index in [0.717, 1.165) is 22.9 Å². The zero-order valence-corrected chi connectivity index (χ0v) is 26.2. The molecule has 1 atom stereocenters. The number of benzene rings is 2. The lowest BCUT2D eigenvalue weighted by atomic mass is 9.90. The Morgan fingerprint density at radius 2 is 1.77 bits per heavy atom. The van der Waals surface area contributed by atoms with Gasteiger partial charge in [-0.1, -0.05) is 18.2 Å². The number of phenols is 1. The second kappa shape index (κ2) is 13.7. The number of aromatic hydroxyl groups is 1. The Balaban J connectivity index is 1.07. The van der Waals surface area contributed by atoms with Gasteiger partial charge in [0.1, 0.15) is 35.1 Å². The van der Waals surface area contributed by atoms with Crippen LogP contribution in [-0.4, -0.2) is 76.3 Å². The Kier molecular flexibility index (Phi) is 9.30. The molecule has 2 aromatic carbocycles. The zero-order chi connectivity index (χ0) is 33.1. The molecule has 3 aliphatic rings. The molecule has 2 amide bonds. The summed E-state index contributed by atoms with van der Waals surface area (Å²) in [6.45, 7) is 0.924. The van der Waals surface area contributed by atoms with Gasteiger partial charge in [0.05, 0.1) is 18.3 Å². The summed E-state index contributed by atoms with van der Waals surface area (Å²) in [5.74, 6) is -0.671. The summed E-state index contributed by atoms with van der Waals surface area (Å²) in [6, 6.07) is 13.2. The third-order valence-electron chi connectivity index (χ3n) is 8.44. The van der Waals surface area contributed by atoms with Crippen LogP contribution in [0.4, 0.5) is 20.3 Å². The first-order chi connectivity index (χ1) is 22.6. The molecular formula is C35H37F2N7O3. The quantitative estimate of drug-likeness (QED) is 0.259. The van der Waals surface area contributed by atoms with Gasteiger partial charge in [-0.2, -0.15) is 0 Å². The minimum atomic E-state index is -0.626. The number of anilines is 2. The number of nitrogens with one attached hydrogen (secondary N) is 3. The number of hydrogen-bond acceptors (Lipinski definition) is 8. The van der Waals surface area contributed by atoms with Crippen LogP contribution in [0.5, 0.6) is 5.75 Å². The van der Waals surface area contributed by atoms with Gasteiger partial charge in [0.15, 0.2) is 0 Å². The number of allylic oxidation sites excluding steroid dienone is 2. The van der Waals surface area contributed by atoms with Crippen molar-refractivity contribution in [1.82, 2.24) is 25.4 Å². The Morgan fingerprint density at radius 3 is 2.53 bits per heavy atom. The fourth-order valence-corrected chi connectivity index (χ4v) is 6.19. The van der Waals surface area contributed by atoms with Crippen LogP contribution in [0.25, 0.3) is 11.1 Å². The maximum absolute atomic E-state index is 14.3. The van der Waals surface area contributed by atoms with E-state index >= 15 is 0 Å². The van der Waals surface area contributed by atoms with Crippen molar-refractivity contribution in [3.05, 3.63) is 95.9 Å². The molecule has 1 unspecified atom stereocenters. The SMILES string of the molecule is CN(C)Cc1cc(O)ccc1-c1cccc(Nc2ncc(F)cc2C(=O)N[C@H]2CC[C@@H](NC(=O)C3CN4C=C(F)C=CC4=N3)CC2)c1. The van der Waals surface area contributed by atoms with Crippen molar-refractivity contribution >= 4 is 29.2 Å². The Hall–Kier alpha value is -5.10. The van der Waals surface area contributed by atoms with Gasteiger partial charge in [0.2, 0.25) is 5.91 Å². The first-order valence-electron chi connectivity index (χ1n) is 15.6. The molecule has 1 aromatic heterocycles. The van der Waals surface area contributed by atoms with Gasteiger partial charge in [-0.3, -0.25) is 14.6 Å². The van der Waals surface area contributed by atoms with E-state index in [9.17, 15) is 23.5 Å². The van der Waals surface area contributed by atoms with Crippen molar-refractivity contribution < 1.29 is 23.5 Å². The molecule has 2 aliphatic heterocycles. The molecule has 0 radical (unpaired) electrons. The van der Waals surface area contributed by atoms with Gasteiger partial charge in [-0.15, -0.1) is 0 Å². The van der Waals surface area contributed by atoms with E-state index in [0.29, 0.717) is 50.3 Å². The normalized spacial score (nSPS) is 20.4. The number of halogens is 2. The number of phenolic OH excluding ortho intramolecular Hbond substituents is 1. The minimum Gasteiger partial charge on any atom is -0.508 e. The van der Waals surface area contributed by atoms with E-state index in [2.05, 4.69) is 25.9 Å². The maximum atomic E-state index is 14.3. The van der Waals surface area contributed by atoms with Gasteiger partial charge in [0, 0.05) is 30.5 Å². The minimum absolute atomic E-state index is 0.0662. The summed E-state index contributed by atoms with van der Waals surface area (Å²) in [5.41, 5.74) is 3.56. The van der Waals surface area contributed by atoms with Crippen molar-refractivity contribution in [3.8, 4) is 16.9 Å². The van der Waals surface area contributed by atoms with E-state index in [1.165, 1.54) is 18.3 Å². The van der Waals surface area contributed by atoms with E-state index in [1.807, 2.05) is 49.3 Å². The third kappa shape index (κ3) is 7.66. The number of aromatic nitrogens is 1. The fraction of sp³-hybridized carbons (Fsp3) is 0.314. The number of fused-ring (bicyclic) bond motifs is 1. The lowest BCUT2D eigenvalue weighted by molar-refractivity contribution is -0.123. The monoisotopic (exact) mass is 641 g/mol. The molecule has 244 valence electrons. The molecule has 12 heteroatoms. The lowest BCUT2D eigenvalue weighted by Crippen LogP contribution is -2.46. The number of pyridine rings is 1. The summed E-state index contributed by atoms with van der Waals surface area (Å²) in [4.78, 5) is 38.5. The molecule has 0 bridgehead atoms. The highest BCUT2D eigenvalue weighted by molar-refractivity contribution is 6.00. The average Bonchev–Trinajstić information content (AvgIpc) is 3.46. The lowest BCUT2D eigenvalue weighted by Gasteiger charge is -2.30. The summed E-state index contributed by atoms with van der Waals surface area (Å²) in [6.07, 6.45) is 7.87. The Labute approximate surface area is 271 Å². The highest BCUT2D eigenvalue weighted by Gasteiger charge is 2.32. The maximum Gasteiger partial charge on any atom is 0.255 e. The van der Waals surface area contributed by atoms with Gasteiger partial charge in [0.25, 0.3) is 5.91 Å². The van der Waals surface area contributed by atoms with E-state index in [-0.39, 0.29) is 40.9 Å². The first-order valence-corrected chi connectivity index (χ1v) is 15.6. The van der Waals surface area contributed by atoms with Crippen LogP contribution < -0.4 is 16.0 Å².